The van der Waals surface area contributed by atoms with Crippen molar-refractivity contribution in [3.8, 4) is 0 Å². The Hall–Kier alpha value is -2.53. The van der Waals surface area contributed by atoms with Crippen molar-refractivity contribution in [3.05, 3.63) is 41.5 Å². The molecule has 2 amide bonds. The topological polar surface area (TPSA) is 130 Å². The van der Waals surface area contributed by atoms with Gasteiger partial charge in [0.2, 0.25) is 11.8 Å². The average Bonchev–Trinajstić information content (AvgIpc) is 3.23. The minimum absolute atomic E-state index is 0.209. The Kier molecular flexibility index (Phi) is 4.15. The molecule has 0 spiro atoms. The summed E-state index contributed by atoms with van der Waals surface area (Å²) in [5, 5.41) is 16.3. The molecule has 2 fully saturated rings. The first kappa shape index (κ1) is 17.9. The number of nitrogens with one attached hydrogen (secondary N) is 2. The zero-order chi connectivity index (χ0) is 19.3. The van der Waals surface area contributed by atoms with Crippen molar-refractivity contribution in [1.82, 2.24) is 30.8 Å². The third-order valence-electron chi connectivity index (χ3n) is 4.87. The molecule has 4 atom stereocenters. The molecule has 2 saturated heterocycles. The number of halogens is 1. The van der Waals surface area contributed by atoms with Gasteiger partial charge in [0.15, 0.2) is 5.82 Å². The highest BCUT2D eigenvalue weighted by molar-refractivity contribution is 8.01. The van der Waals surface area contributed by atoms with E-state index in [0.717, 1.165) is 0 Å². The third-order valence-corrected chi connectivity index (χ3v) is 6.44. The summed E-state index contributed by atoms with van der Waals surface area (Å²) in [4.78, 5) is 26.9. The molecule has 4 rings (SSSR count). The van der Waals surface area contributed by atoms with Gasteiger partial charge in [0.1, 0.15) is 29.3 Å². The van der Waals surface area contributed by atoms with Gasteiger partial charge in [-0.1, -0.05) is 12.1 Å². The first-order valence-corrected chi connectivity index (χ1v) is 9.22. The summed E-state index contributed by atoms with van der Waals surface area (Å²) >= 11 is 1.57. The maximum Gasteiger partial charge on any atom is 0.249 e. The van der Waals surface area contributed by atoms with Crippen molar-refractivity contribution in [2.45, 2.75) is 42.1 Å². The minimum Gasteiger partial charge on any atom is -0.340 e. The molecule has 9 nitrogen and oxygen atoms in total. The molecule has 2 aliphatic rings. The normalized spacial score (nSPS) is 27.0. The van der Waals surface area contributed by atoms with Crippen molar-refractivity contribution in [2.75, 3.05) is 0 Å². The third kappa shape index (κ3) is 2.86. The highest BCUT2D eigenvalue weighted by atomic mass is 32.2. The number of aromatic amines is 1. The van der Waals surface area contributed by atoms with Crippen molar-refractivity contribution < 1.29 is 14.0 Å². The highest BCUT2D eigenvalue weighted by Crippen LogP contribution is 2.56. The van der Waals surface area contributed by atoms with E-state index >= 15 is 0 Å². The number of fused-ring (bicyclic) bond motifs is 1. The average molecular weight is 391 g/mol. The standard InChI is InChI=1S/C16H18FN7O2S/c1-16(2)11(12-20-22-23-21-12)24-14(26)10(15(24)27-16)19-13(25)9(18)7-3-5-8(17)6-4-7/h3-6,9-11,15H,18H2,1-2H3,(H,19,25)(H,20,21,22,23)/t9?,10?,11?,15-/m1/s1. The van der Waals surface area contributed by atoms with E-state index in [-0.39, 0.29) is 22.1 Å². The number of carbonyl (C=O) groups is 2. The summed E-state index contributed by atoms with van der Waals surface area (Å²) in [6.07, 6.45) is 0. The second kappa shape index (κ2) is 6.27. The van der Waals surface area contributed by atoms with Crippen LogP contribution in [0.5, 0.6) is 0 Å². The Morgan fingerprint density at radius 2 is 2.11 bits per heavy atom. The molecule has 3 unspecified atom stereocenters. The fourth-order valence-electron chi connectivity index (χ4n) is 3.54. The molecule has 3 heterocycles. The number of H-pyrrole nitrogens is 1. The van der Waals surface area contributed by atoms with E-state index < -0.39 is 23.8 Å². The maximum atomic E-state index is 13.0. The van der Waals surface area contributed by atoms with Gasteiger partial charge in [0, 0.05) is 4.75 Å². The van der Waals surface area contributed by atoms with Crippen molar-refractivity contribution in [1.29, 1.82) is 0 Å². The second-order valence-corrected chi connectivity index (χ2v) is 8.83. The van der Waals surface area contributed by atoms with Crippen LogP contribution < -0.4 is 11.1 Å². The van der Waals surface area contributed by atoms with Crippen molar-refractivity contribution >= 4 is 23.6 Å². The molecular formula is C16H18FN7O2S. The molecule has 11 heteroatoms. The number of thioether (sulfide) groups is 1. The number of tetrazole rings is 1. The van der Waals surface area contributed by atoms with Crippen LogP contribution in [0.4, 0.5) is 4.39 Å². The van der Waals surface area contributed by atoms with Gasteiger partial charge in [-0.05, 0) is 42.0 Å². The number of benzene rings is 1. The molecule has 2 aliphatic heterocycles. The fraction of sp³-hybridized carbons (Fsp3) is 0.438. The van der Waals surface area contributed by atoms with Gasteiger partial charge in [-0.25, -0.2) is 9.49 Å². The quantitative estimate of drug-likeness (QED) is 0.637. The lowest BCUT2D eigenvalue weighted by Crippen LogP contribution is -2.68. The minimum atomic E-state index is -0.985. The van der Waals surface area contributed by atoms with Crippen LogP contribution >= 0.6 is 11.8 Å². The van der Waals surface area contributed by atoms with Crippen LogP contribution in [0.25, 0.3) is 0 Å². The lowest BCUT2D eigenvalue weighted by Gasteiger charge is -2.44. The number of hydrogen-bond donors (Lipinski definition) is 3. The Morgan fingerprint density at radius 3 is 2.74 bits per heavy atom. The monoisotopic (exact) mass is 391 g/mol. The Morgan fingerprint density at radius 1 is 1.41 bits per heavy atom. The molecule has 1 aromatic heterocycles. The lowest BCUT2D eigenvalue weighted by atomic mass is 9.95. The smallest absolute Gasteiger partial charge is 0.249 e. The van der Waals surface area contributed by atoms with E-state index in [9.17, 15) is 14.0 Å². The van der Waals surface area contributed by atoms with Gasteiger partial charge in [0.25, 0.3) is 0 Å². The highest BCUT2D eigenvalue weighted by Gasteiger charge is 2.63. The van der Waals surface area contributed by atoms with Gasteiger partial charge >= 0.3 is 0 Å². The van der Waals surface area contributed by atoms with Crippen LogP contribution in [-0.4, -0.2) is 53.5 Å². The van der Waals surface area contributed by atoms with Crippen LogP contribution in [0.1, 0.15) is 37.3 Å². The summed E-state index contributed by atoms with van der Waals surface area (Å²) in [5.74, 6) is -0.591. The van der Waals surface area contributed by atoms with Crippen LogP contribution in [-0.2, 0) is 9.59 Å². The molecule has 1 aromatic carbocycles. The summed E-state index contributed by atoms with van der Waals surface area (Å²) in [7, 11) is 0. The van der Waals surface area contributed by atoms with E-state index in [1.807, 2.05) is 13.8 Å². The number of nitrogens with two attached hydrogens (primary N) is 1. The molecule has 4 N–H and O–H groups in total. The van der Waals surface area contributed by atoms with E-state index in [0.29, 0.717) is 11.4 Å². The first-order chi connectivity index (χ1) is 12.8. The maximum absolute atomic E-state index is 13.0. The second-order valence-electron chi connectivity index (χ2n) is 7.06. The van der Waals surface area contributed by atoms with E-state index in [4.69, 9.17) is 5.73 Å². The zero-order valence-electron chi connectivity index (χ0n) is 14.6. The molecule has 142 valence electrons. The number of carbonyl (C=O) groups excluding carboxylic acids is 2. The van der Waals surface area contributed by atoms with Crippen LogP contribution in [0.15, 0.2) is 24.3 Å². The molecule has 0 bridgehead atoms. The molecule has 0 radical (unpaired) electrons. The number of nitrogens with zero attached hydrogens (tertiary/aromatic N) is 4. The Bertz CT molecular complexity index is 873. The molecule has 0 aliphatic carbocycles. The van der Waals surface area contributed by atoms with Crippen molar-refractivity contribution in [3.63, 3.8) is 0 Å². The van der Waals surface area contributed by atoms with Crippen LogP contribution in [0, 0.1) is 5.82 Å². The van der Waals surface area contributed by atoms with E-state index in [2.05, 4.69) is 25.9 Å². The van der Waals surface area contributed by atoms with Crippen LogP contribution in [0.3, 0.4) is 0 Å². The van der Waals surface area contributed by atoms with Gasteiger partial charge in [-0.3, -0.25) is 9.59 Å². The van der Waals surface area contributed by atoms with E-state index in [1.165, 1.54) is 24.3 Å². The SMILES string of the molecule is CC1(C)S[C@@H]2C(NC(=O)C(N)c3ccc(F)cc3)C(=O)N2C1c1nnn[nH]1. The van der Waals surface area contributed by atoms with Crippen molar-refractivity contribution in [2.24, 2.45) is 5.73 Å². The lowest BCUT2D eigenvalue weighted by molar-refractivity contribution is -0.152. The predicted octanol–water partition coefficient (Wildman–Crippen LogP) is 0.258. The first-order valence-electron chi connectivity index (χ1n) is 8.34. The molecular weight excluding hydrogens is 373 g/mol. The number of aromatic nitrogens is 4. The summed E-state index contributed by atoms with van der Waals surface area (Å²) in [6.45, 7) is 4.00. The summed E-state index contributed by atoms with van der Waals surface area (Å²) < 4.78 is 12.7. The summed E-state index contributed by atoms with van der Waals surface area (Å²) in [6, 6.07) is 3.42. The Balaban J connectivity index is 1.48. The van der Waals surface area contributed by atoms with E-state index in [1.54, 1.807) is 16.7 Å². The zero-order valence-corrected chi connectivity index (χ0v) is 15.4. The number of amides is 2. The molecule has 27 heavy (non-hydrogen) atoms. The predicted molar refractivity (Wildman–Crippen MR) is 94.5 cm³/mol. The Labute approximate surface area is 158 Å². The van der Waals surface area contributed by atoms with Gasteiger partial charge < -0.3 is 16.0 Å². The number of rotatable bonds is 4. The number of β-lactam (4-membered cyclic amide) rings is 1. The summed E-state index contributed by atoms with van der Waals surface area (Å²) in [5.41, 5.74) is 6.43. The van der Waals surface area contributed by atoms with Gasteiger partial charge in [-0.2, -0.15) is 0 Å². The van der Waals surface area contributed by atoms with Crippen LogP contribution in [0.2, 0.25) is 0 Å². The molecule has 0 saturated carbocycles. The molecule has 2 aromatic rings. The van der Waals surface area contributed by atoms with Gasteiger partial charge in [0.05, 0.1) is 0 Å². The largest absolute Gasteiger partial charge is 0.340 e. The fourth-order valence-corrected chi connectivity index (χ4v) is 5.17. The van der Waals surface area contributed by atoms with Gasteiger partial charge in [-0.15, -0.1) is 16.9 Å². The number of hydrogen-bond acceptors (Lipinski definition) is 7.